The highest BCUT2D eigenvalue weighted by atomic mass is 79.9. The number of nitrogens with zero attached hydrogens (tertiary/aromatic N) is 1. The van der Waals surface area contributed by atoms with Crippen molar-refractivity contribution < 1.29 is 23.1 Å². The van der Waals surface area contributed by atoms with Gasteiger partial charge in [-0.25, -0.2) is 13.2 Å². The molecule has 0 aliphatic rings. The summed E-state index contributed by atoms with van der Waals surface area (Å²) in [6.07, 6.45) is 0. The molecule has 0 aromatic heterocycles. The summed E-state index contributed by atoms with van der Waals surface area (Å²) in [5, 5.41) is 9.71. The second-order valence-corrected chi connectivity index (χ2v) is 7.43. The number of anilines is 1. The zero-order valence-corrected chi connectivity index (χ0v) is 15.5. The van der Waals surface area contributed by atoms with Gasteiger partial charge in [0.2, 0.25) is 0 Å². The number of alkyl halides is 1. The fourth-order valence-corrected chi connectivity index (χ4v) is 3.97. The maximum absolute atomic E-state index is 12.9. The van der Waals surface area contributed by atoms with E-state index in [4.69, 9.17) is 4.74 Å². The van der Waals surface area contributed by atoms with Crippen LogP contribution in [0, 0.1) is 0 Å². The van der Waals surface area contributed by atoms with Crippen LogP contribution in [-0.4, -0.2) is 33.7 Å². The van der Waals surface area contributed by atoms with Crippen LogP contribution in [-0.2, 0) is 15.4 Å². The van der Waals surface area contributed by atoms with Crippen molar-refractivity contribution in [2.24, 2.45) is 0 Å². The van der Waals surface area contributed by atoms with E-state index >= 15 is 0 Å². The third-order valence-corrected chi connectivity index (χ3v) is 5.90. The Morgan fingerprint density at radius 2 is 1.83 bits per heavy atom. The number of halogens is 1. The maximum Gasteiger partial charge on any atom is 0.337 e. The fraction of sp³-hybridized carbons (Fsp3) is 0.188. The Balaban J connectivity index is 2.58. The lowest BCUT2D eigenvalue weighted by Gasteiger charge is -2.23. The Labute approximate surface area is 148 Å². The largest absolute Gasteiger partial charge is 0.497 e. The molecule has 8 heteroatoms. The number of carboxylic acid groups (broad SMARTS) is 1. The predicted molar refractivity (Wildman–Crippen MR) is 94.6 cm³/mol. The Bertz CT molecular complexity index is 849. The van der Waals surface area contributed by atoms with E-state index in [1.165, 1.54) is 44.5 Å². The highest BCUT2D eigenvalue weighted by Gasteiger charge is 2.27. The molecule has 1 N–H and O–H groups in total. The molecule has 0 amide bonds. The zero-order valence-electron chi connectivity index (χ0n) is 13.1. The van der Waals surface area contributed by atoms with Gasteiger partial charge >= 0.3 is 5.97 Å². The number of rotatable bonds is 6. The lowest BCUT2D eigenvalue weighted by molar-refractivity contribution is 0.0697. The van der Waals surface area contributed by atoms with Crippen molar-refractivity contribution in [1.29, 1.82) is 0 Å². The van der Waals surface area contributed by atoms with E-state index < -0.39 is 16.0 Å². The average Bonchev–Trinajstić information content (AvgIpc) is 2.60. The van der Waals surface area contributed by atoms with E-state index in [1.807, 2.05) is 0 Å². The van der Waals surface area contributed by atoms with E-state index in [2.05, 4.69) is 15.9 Å². The number of carbonyl (C=O) groups is 1. The minimum absolute atomic E-state index is 0.0477. The van der Waals surface area contributed by atoms with E-state index in [9.17, 15) is 18.3 Å². The molecule has 0 atom stereocenters. The maximum atomic E-state index is 12.9. The van der Waals surface area contributed by atoms with Gasteiger partial charge in [0.1, 0.15) is 5.75 Å². The lowest BCUT2D eigenvalue weighted by atomic mass is 10.1. The highest BCUT2D eigenvalue weighted by molar-refractivity contribution is 9.08. The molecule has 0 aliphatic carbocycles. The van der Waals surface area contributed by atoms with Gasteiger partial charge in [-0.1, -0.05) is 28.1 Å². The second-order valence-electron chi connectivity index (χ2n) is 4.90. The average molecular weight is 414 g/mol. The van der Waals surface area contributed by atoms with Crippen molar-refractivity contribution in [1.82, 2.24) is 0 Å². The minimum atomic E-state index is -3.91. The molecule has 2 rings (SSSR count). The van der Waals surface area contributed by atoms with Gasteiger partial charge in [-0.3, -0.25) is 4.31 Å². The number of carboxylic acids is 1. The van der Waals surface area contributed by atoms with Gasteiger partial charge in [0.05, 0.1) is 23.3 Å². The van der Waals surface area contributed by atoms with E-state index in [-0.39, 0.29) is 16.1 Å². The molecule has 0 unspecified atom stereocenters. The summed E-state index contributed by atoms with van der Waals surface area (Å²) in [7, 11) is -1.08. The van der Waals surface area contributed by atoms with Crippen LogP contribution in [0.3, 0.4) is 0 Å². The molecule has 0 saturated heterocycles. The molecule has 128 valence electrons. The molecule has 0 aliphatic heterocycles. The number of para-hydroxylation sites is 1. The van der Waals surface area contributed by atoms with Gasteiger partial charge in [-0.2, -0.15) is 0 Å². The van der Waals surface area contributed by atoms with E-state index in [1.54, 1.807) is 12.1 Å². The summed E-state index contributed by atoms with van der Waals surface area (Å²) >= 11 is 3.27. The van der Waals surface area contributed by atoms with Crippen LogP contribution in [0.4, 0.5) is 5.69 Å². The first-order valence-corrected chi connectivity index (χ1v) is 9.43. The van der Waals surface area contributed by atoms with Crippen LogP contribution < -0.4 is 9.04 Å². The Hall–Kier alpha value is -2.06. The first-order valence-electron chi connectivity index (χ1n) is 6.87. The fourth-order valence-electron chi connectivity index (χ4n) is 2.27. The quantitative estimate of drug-likeness (QED) is 0.735. The highest BCUT2D eigenvalue weighted by Crippen LogP contribution is 2.31. The number of benzene rings is 2. The number of hydrogen-bond acceptors (Lipinski definition) is 4. The van der Waals surface area contributed by atoms with Crippen molar-refractivity contribution >= 4 is 37.6 Å². The summed E-state index contributed by atoms with van der Waals surface area (Å²) in [5.41, 5.74) is 0.624. The number of sulfonamides is 1. The number of hydrogen-bond donors (Lipinski definition) is 1. The summed E-state index contributed by atoms with van der Waals surface area (Å²) < 4.78 is 31.7. The number of ether oxygens (including phenoxy) is 1. The van der Waals surface area contributed by atoms with Crippen molar-refractivity contribution in [3.8, 4) is 5.75 Å². The monoisotopic (exact) mass is 413 g/mol. The molecule has 2 aromatic rings. The molecule has 6 nitrogen and oxygen atoms in total. The normalized spacial score (nSPS) is 11.1. The van der Waals surface area contributed by atoms with Crippen LogP contribution in [0.15, 0.2) is 47.4 Å². The zero-order chi connectivity index (χ0) is 17.9. The molecular weight excluding hydrogens is 398 g/mol. The minimum Gasteiger partial charge on any atom is -0.497 e. The van der Waals surface area contributed by atoms with Gasteiger partial charge in [0.15, 0.2) is 0 Å². The summed E-state index contributed by atoms with van der Waals surface area (Å²) in [6, 6.07) is 10.5. The molecular formula is C16H16BrNO5S. The van der Waals surface area contributed by atoms with Crippen LogP contribution >= 0.6 is 15.9 Å². The van der Waals surface area contributed by atoms with Crippen LogP contribution in [0.25, 0.3) is 0 Å². The van der Waals surface area contributed by atoms with Crippen LogP contribution in [0.5, 0.6) is 5.75 Å². The molecule has 2 aromatic carbocycles. The lowest BCUT2D eigenvalue weighted by Crippen LogP contribution is -2.29. The van der Waals surface area contributed by atoms with Crippen molar-refractivity contribution in [3.63, 3.8) is 0 Å². The Morgan fingerprint density at radius 3 is 2.33 bits per heavy atom. The smallest absolute Gasteiger partial charge is 0.337 e. The third kappa shape index (κ3) is 3.39. The Kier molecular flexibility index (Phi) is 5.51. The molecule has 0 radical (unpaired) electrons. The molecule has 0 saturated carbocycles. The topological polar surface area (TPSA) is 83.9 Å². The molecule has 0 heterocycles. The van der Waals surface area contributed by atoms with Gasteiger partial charge in [0.25, 0.3) is 10.0 Å². The summed E-state index contributed by atoms with van der Waals surface area (Å²) in [4.78, 5) is 11.5. The van der Waals surface area contributed by atoms with Crippen LogP contribution in [0.1, 0.15) is 15.9 Å². The molecule has 24 heavy (non-hydrogen) atoms. The van der Waals surface area contributed by atoms with E-state index in [0.29, 0.717) is 16.6 Å². The first-order chi connectivity index (χ1) is 11.3. The van der Waals surface area contributed by atoms with Crippen LogP contribution in [0.2, 0.25) is 0 Å². The van der Waals surface area contributed by atoms with Gasteiger partial charge in [0, 0.05) is 12.4 Å². The van der Waals surface area contributed by atoms with Gasteiger partial charge in [-0.05, 0) is 35.9 Å². The molecule has 0 bridgehead atoms. The van der Waals surface area contributed by atoms with Gasteiger partial charge < -0.3 is 9.84 Å². The Morgan fingerprint density at radius 1 is 1.21 bits per heavy atom. The molecule has 0 fully saturated rings. The SMILES string of the molecule is COc1ccc(S(=O)(=O)N(C)c2c(CBr)cccc2C(=O)O)cc1. The third-order valence-electron chi connectivity index (χ3n) is 3.53. The number of methoxy groups -OCH3 is 1. The molecule has 0 spiro atoms. The first kappa shape index (κ1) is 18.3. The van der Waals surface area contributed by atoms with Crippen molar-refractivity contribution in [2.75, 3.05) is 18.5 Å². The summed E-state index contributed by atoms with van der Waals surface area (Å²) in [5.74, 6) is -0.659. The standard InChI is InChI=1S/C16H16BrNO5S/c1-18(15-11(10-17)4-3-5-14(15)16(19)20)24(21,22)13-8-6-12(23-2)7-9-13/h3-9H,10H2,1-2H3,(H,19,20). The van der Waals surface area contributed by atoms with Crippen molar-refractivity contribution in [2.45, 2.75) is 10.2 Å². The number of aromatic carboxylic acids is 1. The van der Waals surface area contributed by atoms with Crippen molar-refractivity contribution in [3.05, 3.63) is 53.6 Å². The van der Waals surface area contributed by atoms with Gasteiger partial charge in [-0.15, -0.1) is 0 Å². The second kappa shape index (κ2) is 7.23. The summed E-state index contributed by atoms with van der Waals surface area (Å²) in [6.45, 7) is 0. The predicted octanol–water partition coefficient (Wildman–Crippen LogP) is 3.11. The van der Waals surface area contributed by atoms with E-state index in [0.717, 1.165) is 4.31 Å².